The minimum atomic E-state index is -1.62. The second-order valence-electron chi connectivity index (χ2n) is 25.9. The second kappa shape index (κ2) is 66.2. The number of carbonyl (C=O) groups excluding carboxylic acids is 3. The van der Waals surface area contributed by atoms with Crippen LogP contribution in [0.1, 0.15) is 354 Å². The molecular formula is C75H139NO8. The molecular weight excluding hydrogens is 1040 g/mol. The van der Waals surface area contributed by atoms with Gasteiger partial charge in [0, 0.05) is 12.8 Å². The number of nitrogens with zero attached hydrogens (tertiary/aromatic N) is 1. The van der Waals surface area contributed by atoms with Gasteiger partial charge in [-0.05, 0) is 51.4 Å². The first kappa shape index (κ1) is 81.2. The maximum absolute atomic E-state index is 12.9. The highest BCUT2D eigenvalue weighted by Crippen LogP contribution is 2.19. The fourth-order valence-corrected chi connectivity index (χ4v) is 10.8. The van der Waals surface area contributed by atoms with Gasteiger partial charge in [-0.1, -0.05) is 339 Å². The molecule has 0 N–H and O–H groups in total. The average Bonchev–Trinajstić information content (AvgIpc) is 3.55. The lowest BCUT2D eigenvalue weighted by atomic mass is 10.0. The Morgan fingerprint density at radius 1 is 0.369 bits per heavy atom. The van der Waals surface area contributed by atoms with E-state index in [2.05, 4.69) is 62.5 Å². The smallest absolute Gasteiger partial charge is 0.306 e. The Morgan fingerprint density at radius 3 is 1.01 bits per heavy atom. The van der Waals surface area contributed by atoms with E-state index in [4.69, 9.17) is 18.9 Å². The highest BCUT2D eigenvalue weighted by atomic mass is 16.7. The van der Waals surface area contributed by atoms with Crippen LogP contribution in [-0.2, 0) is 33.3 Å². The summed E-state index contributed by atoms with van der Waals surface area (Å²) in [4.78, 5) is 37.5. The van der Waals surface area contributed by atoms with Crippen molar-refractivity contribution in [3.63, 3.8) is 0 Å². The fourth-order valence-electron chi connectivity index (χ4n) is 10.8. The first-order valence-electron chi connectivity index (χ1n) is 36.3. The summed E-state index contributed by atoms with van der Waals surface area (Å²) in [5, 5.41) is 11.8. The molecule has 84 heavy (non-hydrogen) atoms. The van der Waals surface area contributed by atoms with E-state index >= 15 is 0 Å². The molecule has 0 aliphatic carbocycles. The van der Waals surface area contributed by atoms with Crippen molar-refractivity contribution in [3.05, 3.63) is 48.6 Å². The summed E-state index contributed by atoms with van der Waals surface area (Å²) in [5.74, 6) is -2.26. The molecule has 0 spiro atoms. The second-order valence-corrected chi connectivity index (χ2v) is 25.9. The molecule has 0 saturated heterocycles. The van der Waals surface area contributed by atoms with Crippen LogP contribution < -0.4 is 5.11 Å². The van der Waals surface area contributed by atoms with Gasteiger partial charge in [0.2, 0.25) is 0 Å². The van der Waals surface area contributed by atoms with Gasteiger partial charge in [0.15, 0.2) is 12.4 Å². The summed E-state index contributed by atoms with van der Waals surface area (Å²) in [6.45, 7) is 4.70. The lowest BCUT2D eigenvalue weighted by molar-refractivity contribution is -0.870. The number of carboxylic acids is 1. The Labute approximate surface area is 521 Å². The molecule has 0 heterocycles. The third-order valence-corrected chi connectivity index (χ3v) is 16.3. The molecule has 2 unspecified atom stereocenters. The van der Waals surface area contributed by atoms with Crippen molar-refractivity contribution < 1.29 is 42.9 Å². The normalized spacial score (nSPS) is 12.9. The number of rotatable bonds is 68. The van der Waals surface area contributed by atoms with Crippen LogP contribution in [-0.4, -0.2) is 82.3 Å². The molecule has 0 aromatic rings. The van der Waals surface area contributed by atoms with Crippen LogP contribution >= 0.6 is 0 Å². The predicted octanol–water partition coefficient (Wildman–Crippen LogP) is 21.2. The number of carboxylic acid groups (broad SMARTS) is 1. The van der Waals surface area contributed by atoms with Crippen LogP contribution in [0.4, 0.5) is 0 Å². The van der Waals surface area contributed by atoms with Gasteiger partial charge < -0.3 is 33.3 Å². The number of allylic oxidation sites excluding steroid dienone is 8. The van der Waals surface area contributed by atoms with E-state index in [9.17, 15) is 19.5 Å². The van der Waals surface area contributed by atoms with Crippen LogP contribution in [0.5, 0.6) is 0 Å². The number of esters is 2. The molecule has 0 aromatic carbocycles. The van der Waals surface area contributed by atoms with Gasteiger partial charge in [-0.15, -0.1) is 0 Å². The van der Waals surface area contributed by atoms with E-state index in [0.717, 1.165) is 57.8 Å². The molecule has 0 amide bonds. The topological polar surface area (TPSA) is 111 Å². The zero-order valence-electron chi connectivity index (χ0n) is 56.3. The number of likely N-dealkylation sites (N-methyl/N-ethyl adjacent to an activating group) is 1. The quantitative estimate of drug-likeness (QED) is 0.0195. The Hall–Kier alpha value is -2.75. The van der Waals surface area contributed by atoms with Crippen LogP contribution in [0.3, 0.4) is 0 Å². The standard InChI is InChI=1S/C75H139NO8/c1-6-8-10-12-14-16-18-20-22-24-26-28-30-32-34-36-38-39-41-43-45-47-49-51-53-55-57-59-61-63-65-72(77)82-69-71(70-83-75(74(79)80)81-68-67-76(3,4)5)84-73(78)66-64-62-60-58-56-54-52-50-48-46-44-42-40-37-35-33-31-29-27-25-23-21-19-17-15-13-11-9-7-2/h9,11,15,17,21,23,27,29,71,75H,6-8,10,12-14,16,18-20,22,24-26,28,30-70H2,1-5H3/b11-9-,17-15-,23-21-,29-27-. The maximum Gasteiger partial charge on any atom is 0.306 e. The summed E-state index contributed by atoms with van der Waals surface area (Å²) >= 11 is 0. The molecule has 0 fully saturated rings. The summed E-state index contributed by atoms with van der Waals surface area (Å²) in [5.41, 5.74) is 0. The first-order chi connectivity index (χ1) is 41.1. The predicted molar refractivity (Wildman–Crippen MR) is 357 cm³/mol. The largest absolute Gasteiger partial charge is 0.545 e. The Morgan fingerprint density at radius 2 is 0.679 bits per heavy atom. The molecule has 9 heteroatoms. The van der Waals surface area contributed by atoms with E-state index in [1.165, 1.54) is 263 Å². The molecule has 0 saturated carbocycles. The van der Waals surface area contributed by atoms with Gasteiger partial charge >= 0.3 is 11.9 Å². The SMILES string of the molecule is CC/C=C\C/C=C\C/C=C\C/C=C\CCCCCCCCCCCCCCCCCCC(=O)OC(COC(=O)CCCCCCCCCCCCCCCCCCCCCCCCCCCCCCCC)COC(OCC[N+](C)(C)C)C(=O)[O-]. The van der Waals surface area contributed by atoms with E-state index < -0.39 is 24.3 Å². The van der Waals surface area contributed by atoms with Crippen molar-refractivity contribution in [2.75, 3.05) is 47.5 Å². The number of hydrogen-bond acceptors (Lipinski definition) is 8. The Balaban J connectivity index is 4.04. The number of ether oxygens (including phenoxy) is 4. The minimum absolute atomic E-state index is 0.150. The number of hydrogen-bond donors (Lipinski definition) is 0. The highest BCUT2D eigenvalue weighted by Gasteiger charge is 2.22. The van der Waals surface area contributed by atoms with Gasteiger partial charge in [0.25, 0.3) is 0 Å². The van der Waals surface area contributed by atoms with E-state index in [-0.39, 0.29) is 32.2 Å². The first-order valence-corrected chi connectivity index (χ1v) is 36.3. The number of carbonyl (C=O) groups is 3. The van der Waals surface area contributed by atoms with E-state index in [0.29, 0.717) is 23.9 Å². The molecule has 492 valence electrons. The monoisotopic (exact) mass is 1180 g/mol. The summed E-state index contributed by atoms with van der Waals surface area (Å²) in [6, 6.07) is 0. The van der Waals surface area contributed by atoms with E-state index in [1.54, 1.807) is 0 Å². The summed E-state index contributed by atoms with van der Waals surface area (Å²) < 4.78 is 22.8. The van der Waals surface area contributed by atoms with Gasteiger partial charge in [-0.3, -0.25) is 9.59 Å². The molecule has 0 bridgehead atoms. The third kappa shape index (κ3) is 66.8. The van der Waals surface area contributed by atoms with Gasteiger partial charge in [-0.2, -0.15) is 0 Å². The lowest BCUT2D eigenvalue weighted by Crippen LogP contribution is -2.44. The molecule has 0 aliphatic rings. The molecule has 0 radical (unpaired) electrons. The Bertz CT molecular complexity index is 1520. The van der Waals surface area contributed by atoms with Gasteiger partial charge in [-0.25, -0.2) is 0 Å². The molecule has 9 nitrogen and oxygen atoms in total. The summed E-state index contributed by atoms with van der Waals surface area (Å²) in [7, 11) is 5.94. The number of quaternary nitrogens is 1. The van der Waals surface area contributed by atoms with E-state index in [1.807, 2.05) is 21.1 Å². The zero-order chi connectivity index (χ0) is 61.2. The van der Waals surface area contributed by atoms with Crippen molar-refractivity contribution in [2.45, 2.75) is 367 Å². The lowest BCUT2D eigenvalue weighted by Gasteiger charge is -2.26. The van der Waals surface area contributed by atoms with Gasteiger partial charge in [0.1, 0.15) is 13.2 Å². The fraction of sp³-hybridized carbons (Fsp3) is 0.853. The third-order valence-electron chi connectivity index (χ3n) is 16.3. The van der Waals surface area contributed by atoms with Crippen LogP contribution in [0, 0.1) is 0 Å². The maximum atomic E-state index is 12.9. The molecule has 0 rings (SSSR count). The van der Waals surface area contributed by atoms with Crippen molar-refractivity contribution in [1.29, 1.82) is 0 Å². The van der Waals surface area contributed by atoms with Crippen LogP contribution in [0.15, 0.2) is 48.6 Å². The molecule has 0 aliphatic heterocycles. The van der Waals surface area contributed by atoms with Gasteiger partial charge in [0.05, 0.1) is 40.3 Å². The molecule has 0 aromatic heterocycles. The minimum Gasteiger partial charge on any atom is -0.545 e. The number of unbranched alkanes of at least 4 members (excludes halogenated alkanes) is 45. The number of aliphatic carboxylic acids is 1. The Kier molecular flexibility index (Phi) is 64.0. The highest BCUT2D eigenvalue weighted by molar-refractivity contribution is 5.70. The summed E-state index contributed by atoms with van der Waals surface area (Å²) in [6.07, 6.45) is 82.1. The van der Waals surface area contributed by atoms with Crippen molar-refractivity contribution in [1.82, 2.24) is 0 Å². The average molecular weight is 1180 g/mol. The van der Waals surface area contributed by atoms with Crippen molar-refractivity contribution in [2.24, 2.45) is 0 Å². The zero-order valence-corrected chi connectivity index (χ0v) is 56.3. The van der Waals surface area contributed by atoms with Crippen LogP contribution in [0.2, 0.25) is 0 Å². The van der Waals surface area contributed by atoms with Crippen molar-refractivity contribution in [3.8, 4) is 0 Å². The molecule has 2 atom stereocenters. The van der Waals surface area contributed by atoms with Crippen LogP contribution in [0.25, 0.3) is 0 Å². The van der Waals surface area contributed by atoms with Crippen molar-refractivity contribution >= 4 is 17.9 Å².